The Labute approximate surface area is 155 Å². The monoisotopic (exact) mass is 353 g/mol. The number of aromatic nitrogens is 2. The van der Waals surface area contributed by atoms with Gasteiger partial charge >= 0.3 is 0 Å². The summed E-state index contributed by atoms with van der Waals surface area (Å²) >= 11 is 0. The number of nitrogens with one attached hydrogen (secondary N) is 1. The first-order valence-corrected chi connectivity index (χ1v) is 8.88. The van der Waals surface area contributed by atoms with Crippen molar-refractivity contribution in [3.63, 3.8) is 0 Å². The van der Waals surface area contributed by atoms with E-state index in [0.717, 1.165) is 24.4 Å². The van der Waals surface area contributed by atoms with E-state index in [4.69, 9.17) is 0 Å². The molecule has 0 fully saturated rings. The van der Waals surface area contributed by atoms with Gasteiger partial charge in [0, 0.05) is 43.8 Å². The van der Waals surface area contributed by atoms with E-state index in [2.05, 4.69) is 52.0 Å². The summed E-state index contributed by atoms with van der Waals surface area (Å²) in [6.45, 7) is 7.57. The minimum absolute atomic E-state index is 0.216. The van der Waals surface area contributed by atoms with Crippen molar-refractivity contribution in [1.29, 1.82) is 0 Å². The first kappa shape index (κ1) is 19.7. The molecule has 0 saturated carbocycles. The molecule has 1 unspecified atom stereocenters. The number of hydrogen-bond donors (Lipinski definition) is 1. The molecule has 26 heavy (non-hydrogen) atoms. The van der Waals surface area contributed by atoms with Gasteiger partial charge in [-0.2, -0.15) is 0 Å². The second-order valence-corrected chi connectivity index (χ2v) is 5.95. The van der Waals surface area contributed by atoms with Crippen molar-refractivity contribution in [2.24, 2.45) is 0 Å². The SMILES string of the molecule is CCN(C=O)c1ccc2cccc(C(C)c3cnc[nH]3)c2c1.CCOC. The Bertz CT molecular complexity index is 813. The number of rotatable bonds is 6. The maximum Gasteiger partial charge on any atom is 0.214 e. The van der Waals surface area contributed by atoms with Crippen LogP contribution in [-0.2, 0) is 9.53 Å². The van der Waals surface area contributed by atoms with Gasteiger partial charge in [-0.25, -0.2) is 4.98 Å². The van der Waals surface area contributed by atoms with Gasteiger partial charge in [-0.05, 0) is 42.3 Å². The number of amides is 1. The van der Waals surface area contributed by atoms with E-state index in [-0.39, 0.29) is 5.92 Å². The molecule has 3 aromatic rings. The summed E-state index contributed by atoms with van der Waals surface area (Å²) in [7, 11) is 1.68. The van der Waals surface area contributed by atoms with E-state index in [1.807, 2.05) is 26.1 Å². The lowest BCUT2D eigenvalue weighted by Crippen LogP contribution is -2.19. The lowest BCUT2D eigenvalue weighted by molar-refractivity contribution is -0.107. The van der Waals surface area contributed by atoms with E-state index in [9.17, 15) is 4.79 Å². The number of nitrogens with zero attached hydrogens (tertiary/aromatic N) is 2. The van der Waals surface area contributed by atoms with Crippen molar-refractivity contribution in [3.05, 3.63) is 60.2 Å². The molecule has 0 aliphatic rings. The number of aromatic amines is 1. The second-order valence-electron chi connectivity index (χ2n) is 5.95. The van der Waals surface area contributed by atoms with Crippen LogP contribution in [0, 0.1) is 0 Å². The van der Waals surface area contributed by atoms with Crippen LogP contribution in [0.25, 0.3) is 10.8 Å². The third-order valence-electron chi connectivity index (χ3n) is 4.44. The maximum absolute atomic E-state index is 11.2. The predicted molar refractivity (Wildman–Crippen MR) is 107 cm³/mol. The average Bonchev–Trinajstić information content (AvgIpc) is 3.23. The molecule has 5 nitrogen and oxygen atoms in total. The normalized spacial score (nSPS) is 11.5. The van der Waals surface area contributed by atoms with Gasteiger partial charge in [-0.1, -0.05) is 31.2 Å². The Hall–Kier alpha value is -2.66. The fourth-order valence-corrected chi connectivity index (χ4v) is 2.83. The van der Waals surface area contributed by atoms with Crippen LogP contribution >= 0.6 is 0 Å². The molecule has 0 saturated heterocycles. The lowest BCUT2D eigenvalue weighted by atomic mass is 9.92. The summed E-state index contributed by atoms with van der Waals surface area (Å²) in [5, 5.41) is 2.34. The number of hydrogen-bond acceptors (Lipinski definition) is 3. The minimum Gasteiger partial charge on any atom is -0.385 e. The standard InChI is InChI=1S/C18H19N3O.C3H8O/c1-3-21(12-22)15-8-7-14-5-4-6-16(17(14)9-15)13(2)18-10-19-11-20-18;1-3-4-2/h4-13H,3H2,1-2H3,(H,19,20);3H2,1-2H3. The molecular weight excluding hydrogens is 326 g/mol. The van der Waals surface area contributed by atoms with Crippen LogP contribution in [-0.4, -0.2) is 36.6 Å². The Morgan fingerprint density at radius 3 is 2.62 bits per heavy atom. The van der Waals surface area contributed by atoms with Crippen molar-refractivity contribution < 1.29 is 9.53 Å². The van der Waals surface area contributed by atoms with E-state index < -0.39 is 0 Å². The molecule has 0 radical (unpaired) electrons. The fourth-order valence-electron chi connectivity index (χ4n) is 2.83. The molecule has 5 heteroatoms. The average molecular weight is 353 g/mol. The predicted octanol–water partition coefficient (Wildman–Crippen LogP) is 4.35. The Morgan fingerprint density at radius 1 is 1.27 bits per heavy atom. The summed E-state index contributed by atoms with van der Waals surface area (Å²) in [4.78, 5) is 20.2. The van der Waals surface area contributed by atoms with Crippen LogP contribution < -0.4 is 4.90 Å². The van der Waals surface area contributed by atoms with Crippen molar-refractivity contribution in [2.75, 3.05) is 25.2 Å². The molecule has 1 N–H and O–H groups in total. The minimum atomic E-state index is 0.216. The molecule has 0 spiro atoms. The molecule has 1 aromatic heterocycles. The Balaban J connectivity index is 0.000000552. The first-order valence-electron chi connectivity index (χ1n) is 8.88. The van der Waals surface area contributed by atoms with Crippen LogP contribution in [0.1, 0.15) is 37.9 Å². The van der Waals surface area contributed by atoms with Crippen LogP contribution in [0.15, 0.2) is 48.9 Å². The number of imidazole rings is 1. The zero-order valence-corrected chi connectivity index (χ0v) is 15.9. The number of carbonyl (C=O) groups is 1. The van der Waals surface area contributed by atoms with Gasteiger partial charge in [0.05, 0.1) is 6.33 Å². The van der Waals surface area contributed by atoms with E-state index in [0.29, 0.717) is 6.54 Å². The first-order chi connectivity index (χ1) is 12.7. The molecule has 0 aliphatic carbocycles. The summed E-state index contributed by atoms with van der Waals surface area (Å²) in [5.41, 5.74) is 3.24. The van der Waals surface area contributed by atoms with Crippen molar-refractivity contribution in [3.8, 4) is 0 Å². The van der Waals surface area contributed by atoms with Crippen LogP contribution in [0.3, 0.4) is 0 Å². The number of H-pyrrole nitrogens is 1. The van der Waals surface area contributed by atoms with Gasteiger partial charge in [0.2, 0.25) is 6.41 Å². The Morgan fingerprint density at radius 2 is 2.04 bits per heavy atom. The maximum atomic E-state index is 11.2. The van der Waals surface area contributed by atoms with Gasteiger partial charge in [0.1, 0.15) is 0 Å². The molecule has 3 rings (SSSR count). The third-order valence-corrected chi connectivity index (χ3v) is 4.44. The van der Waals surface area contributed by atoms with Gasteiger partial charge in [-0.15, -0.1) is 0 Å². The fraction of sp³-hybridized carbons (Fsp3) is 0.333. The number of ether oxygens (including phenoxy) is 1. The molecule has 1 amide bonds. The quantitative estimate of drug-likeness (QED) is 0.670. The molecule has 0 bridgehead atoms. The highest BCUT2D eigenvalue weighted by atomic mass is 16.5. The highest BCUT2D eigenvalue weighted by Gasteiger charge is 2.14. The summed E-state index contributed by atoms with van der Waals surface area (Å²) in [6.07, 6.45) is 4.44. The summed E-state index contributed by atoms with van der Waals surface area (Å²) in [6, 6.07) is 12.5. The van der Waals surface area contributed by atoms with E-state index in [1.165, 1.54) is 16.3 Å². The molecule has 0 aliphatic heterocycles. The highest BCUT2D eigenvalue weighted by molar-refractivity contribution is 5.91. The van der Waals surface area contributed by atoms with E-state index >= 15 is 0 Å². The largest absolute Gasteiger partial charge is 0.385 e. The topological polar surface area (TPSA) is 58.2 Å². The second kappa shape index (κ2) is 9.73. The molecule has 138 valence electrons. The Kier molecular flexibility index (Phi) is 7.36. The summed E-state index contributed by atoms with van der Waals surface area (Å²) in [5.74, 6) is 0.216. The number of anilines is 1. The zero-order valence-electron chi connectivity index (χ0n) is 15.9. The van der Waals surface area contributed by atoms with Gasteiger partial charge < -0.3 is 14.6 Å². The number of carbonyl (C=O) groups excluding carboxylic acids is 1. The molecule has 2 aromatic carbocycles. The van der Waals surface area contributed by atoms with Crippen molar-refractivity contribution >= 4 is 22.9 Å². The van der Waals surface area contributed by atoms with Gasteiger partial charge in [0.15, 0.2) is 0 Å². The number of benzene rings is 2. The van der Waals surface area contributed by atoms with Gasteiger partial charge in [0.25, 0.3) is 0 Å². The third kappa shape index (κ3) is 4.49. The van der Waals surface area contributed by atoms with Gasteiger partial charge in [-0.3, -0.25) is 4.79 Å². The van der Waals surface area contributed by atoms with Crippen LogP contribution in [0.5, 0.6) is 0 Å². The van der Waals surface area contributed by atoms with E-state index in [1.54, 1.807) is 18.3 Å². The van der Waals surface area contributed by atoms with Crippen molar-refractivity contribution in [1.82, 2.24) is 9.97 Å². The highest BCUT2D eigenvalue weighted by Crippen LogP contribution is 2.31. The summed E-state index contributed by atoms with van der Waals surface area (Å²) < 4.78 is 4.54. The smallest absolute Gasteiger partial charge is 0.214 e. The van der Waals surface area contributed by atoms with Crippen LogP contribution in [0.4, 0.5) is 5.69 Å². The molecule has 1 atom stereocenters. The zero-order chi connectivity index (χ0) is 18.9. The number of fused-ring (bicyclic) bond motifs is 1. The molecular formula is C21H27N3O2. The molecule has 1 heterocycles. The lowest BCUT2D eigenvalue weighted by Gasteiger charge is -2.18. The number of methoxy groups -OCH3 is 1. The van der Waals surface area contributed by atoms with Crippen molar-refractivity contribution in [2.45, 2.75) is 26.7 Å². The van der Waals surface area contributed by atoms with Crippen LogP contribution in [0.2, 0.25) is 0 Å².